The number of aliphatic hydroxyl groups excluding tert-OH is 1. The smallest absolute Gasteiger partial charge is 0.333 e. The minimum Gasteiger partial charge on any atom is -0.479 e. The number of carboxylic acids is 1. The number of carboxylic acid groups (broad SMARTS) is 1. The molecule has 0 aliphatic carbocycles. The number of nitrogens with two attached hydrogens (primary N) is 1. The summed E-state index contributed by atoms with van der Waals surface area (Å²) in [5, 5.41) is 16.7. The van der Waals surface area contributed by atoms with Gasteiger partial charge in [0.05, 0.1) is 6.61 Å². The zero-order valence-electron chi connectivity index (χ0n) is 5.50. The molecule has 0 saturated heterocycles. The standard InChI is InChI=1S/C5H9NO4/c1-3(8)5(6,2-7)4(9)10/h7H,2,6H2,1H3,(H,9,10)/t5-/m1/s1. The zero-order chi connectivity index (χ0) is 8.36. The van der Waals surface area contributed by atoms with Crippen molar-refractivity contribution in [2.45, 2.75) is 12.5 Å². The van der Waals surface area contributed by atoms with E-state index >= 15 is 0 Å². The Morgan fingerprint density at radius 2 is 2.00 bits per heavy atom. The maximum absolute atomic E-state index is 10.5. The maximum atomic E-state index is 10.5. The highest BCUT2D eigenvalue weighted by Crippen LogP contribution is 2.00. The SMILES string of the molecule is CC(=O)[C@](N)(CO)C(=O)O. The maximum Gasteiger partial charge on any atom is 0.333 e. The van der Waals surface area contributed by atoms with Crippen molar-refractivity contribution in [2.24, 2.45) is 5.73 Å². The molecule has 0 aromatic rings. The van der Waals surface area contributed by atoms with Crippen LogP contribution in [0.2, 0.25) is 0 Å². The van der Waals surface area contributed by atoms with Crippen LogP contribution in [0.5, 0.6) is 0 Å². The molecule has 58 valence electrons. The predicted molar refractivity (Wildman–Crippen MR) is 32.3 cm³/mol. The molecule has 5 nitrogen and oxygen atoms in total. The monoisotopic (exact) mass is 147 g/mol. The second-order valence-corrected chi connectivity index (χ2v) is 1.99. The topological polar surface area (TPSA) is 101 Å². The molecule has 4 N–H and O–H groups in total. The number of rotatable bonds is 3. The minimum atomic E-state index is -2.12. The highest BCUT2D eigenvalue weighted by Gasteiger charge is 2.38. The van der Waals surface area contributed by atoms with E-state index in [2.05, 4.69) is 0 Å². The van der Waals surface area contributed by atoms with Crippen LogP contribution < -0.4 is 5.73 Å². The average molecular weight is 147 g/mol. The van der Waals surface area contributed by atoms with Crippen LogP contribution in [0.1, 0.15) is 6.92 Å². The Morgan fingerprint density at radius 3 is 2.00 bits per heavy atom. The summed E-state index contributed by atoms with van der Waals surface area (Å²) in [5.74, 6) is -2.27. The molecule has 10 heavy (non-hydrogen) atoms. The number of ketones is 1. The Balaban J connectivity index is 4.55. The van der Waals surface area contributed by atoms with E-state index in [-0.39, 0.29) is 0 Å². The van der Waals surface area contributed by atoms with E-state index < -0.39 is 23.9 Å². The molecule has 1 atom stereocenters. The fourth-order valence-corrected chi connectivity index (χ4v) is 0.330. The van der Waals surface area contributed by atoms with Gasteiger partial charge in [-0.25, -0.2) is 4.79 Å². The molecule has 0 saturated carbocycles. The first-order valence-electron chi connectivity index (χ1n) is 2.59. The van der Waals surface area contributed by atoms with Crippen LogP contribution in [0.25, 0.3) is 0 Å². The summed E-state index contributed by atoms with van der Waals surface area (Å²) >= 11 is 0. The molecular formula is C5H9NO4. The van der Waals surface area contributed by atoms with Gasteiger partial charge < -0.3 is 15.9 Å². The lowest BCUT2D eigenvalue weighted by Gasteiger charge is -2.17. The van der Waals surface area contributed by atoms with Crippen LogP contribution in [0.3, 0.4) is 0 Å². The van der Waals surface area contributed by atoms with Crippen molar-refractivity contribution in [3.8, 4) is 0 Å². The van der Waals surface area contributed by atoms with E-state index in [9.17, 15) is 9.59 Å². The highest BCUT2D eigenvalue weighted by molar-refractivity contribution is 6.06. The van der Waals surface area contributed by atoms with Crippen molar-refractivity contribution >= 4 is 11.8 Å². The highest BCUT2D eigenvalue weighted by atomic mass is 16.4. The Kier molecular flexibility index (Phi) is 2.50. The first-order chi connectivity index (χ1) is 4.45. The second-order valence-electron chi connectivity index (χ2n) is 1.99. The lowest BCUT2D eigenvalue weighted by Crippen LogP contribution is -2.56. The van der Waals surface area contributed by atoms with Gasteiger partial charge in [0.1, 0.15) is 0 Å². The van der Waals surface area contributed by atoms with Gasteiger partial charge in [0.15, 0.2) is 11.3 Å². The number of hydrogen-bond donors (Lipinski definition) is 3. The molecule has 0 heterocycles. The van der Waals surface area contributed by atoms with Crippen molar-refractivity contribution in [3.05, 3.63) is 0 Å². The number of aliphatic hydroxyl groups is 1. The van der Waals surface area contributed by atoms with Crippen LogP contribution in [-0.4, -0.2) is 34.1 Å². The number of aliphatic carboxylic acids is 1. The molecule has 0 unspecified atom stereocenters. The fraction of sp³-hybridized carbons (Fsp3) is 0.600. The first kappa shape index (κ1) is 9.06. The number of carbonyl (C=O) groups is 2. The normalized spacial score (nSPS) is 15.9. The molecule has 0 aliphatic heterocycles. The van der Waals surface area contributed by atoms with E-state index in [1.807, 2.05) is 0 Å². The third kappa shape index (κ3) is 1.31. The van der Waals surface area contributed by atoms with E-state index in [4.69, 9.17) is 15.9 Å². The molecule has 0 aromatic carbocycles. The Hall–Kier alpha value is -0.940. The molecular weight excluding hydrogens is 138 g/mol. The molecule has 0 radical (unpaired) electrons. The summed E-state index contributed by atoms with van der Waals surface area (Å²) in [6, 6.07) is 0. The largest absolute Gasteiger partial charge is 0.479 e. The predicted octanol–water partition coefficient (Wildman–Crippen LogP) is -1.65. The van der Waals surface area contributed by atoms with Crippen molar-refractivity contribution < 1.29 is 19.8 Å². The van der Waals surface area contributed by atoms with E-state index in [0.29, 0.717) is 0 Å². The number of hydrogen-bond acceptors (Lipinski definition) is 4. The Labute approximate surface area is 57.5 Å². The number of Topliss-reactive ketones (excluding diaryl/α,β-unsaturated/α-hetero) is 1. The molecule has 0 amide bonds. The summed E-state index contributed by atoms with van der Waals surface area (Å²) in [5.41, 5.74) is 2.86. The average Bonchev–Trinajstić information content (AvgIpc) is 1.85. The van der Waals surface area contributed by atoms with Crippen LogP contribution in [0.15, 0.2) is 0 Å². The first-order valence-corrected chi connectivity index (χ1v) is 2.59. The van der Waals surface area contributed by atoms with Gasteiger partial charge >= 0.3 is 5.97 Å². The van der Waals surface area contributed by atoms with E-state index in [1.165, 1.54) is 0 Å². The molecule has 5 heteroatoms. The molecule has 0 aliphatic rings. The Morgan fingerprint density at radius 1 is 1.60 bits per heavy atom. The van der Waals surface area contributed by atoms with Gasteiger partial charge in [-0.2, -0.15) is 0 Å². The fourth-order valence-electron chi connectivity index (χ4n) is 0.330. The van der Waals surface area contributed by atoms with Gasteiger partial charge in [0.2, 0.25) is 0 Å². The second kappa shape index (κ2) is 2.76. The van der Waals surface area contributed by atoms with Crippen LogP contribution in [-0.2, 0) is 9.59 Å². The van der Waals surface area contributed by atoms with E-state index in [1.54, 1.807) is 0 Å². The summed E-state index contributed by atoms with van der Waals surface area (Å²) < 4.78 is 0. The summed E-state index contributed by atoms with van der Waals surface area (Å²) in [4.78, 5) is 20.7. The minimum absolute atomic E-state index is 0.762. The van der Waals surface area contributed by atoms with Crippen molar-refractivity contribution in [2.75, 3.05) is 6.61 Å². The lowest BCUT2D eigenvalue weighted by atomic mass is 9.98. The van der Waals surface area contributed by atoms with Gasteiger partial charge in [-0.05, 0) is 6.92 Å². The summed E-state index contributed by atoms with van der Waals surface area (Å²) in [7, 11) is 0. The van der Waals surface area contributed by atoms with Crippen LogP contribution in [0.4, 0.5) is 0 Å². The van der Waals surface area contributed by atoms with Gasteiger partial charge in [-0.15, -0.1) is 0 Å². The van der Waals surface area contributed by atoms with Gasteiger partial charge in [-0.1, -0.05) is 0 Å². The summed E-state index contributed by atoms with van der Waals surface area (Å²) in [6.07, 6.45) is 0. The zero-order valence-corrected chi connectivity index (χ0v) is 5.50. The lowest BCUT2D eigenvalue weighted by molar-refractivity contribution is -0.149. The Bertz CT molecular complexity index is 151. The molecule has 0 fully saturated rings. The van der Waals surface area contributed by atoms with Crippen molar-refractivity contribution in [1.29, 1.82) is 0 Å². The van der Waals surface area contributed by atoms with Crippen LogP contribution >= 0.6 is 0 Å². The summed E-state index contributed by atoms with van der Waals surface area (Å²) in [6.45, 7) is 0.141. The van der Waals surface area contributed by atoms with Crippen molar-refractivity contribution in [3.63, 3.8) is 0 Å². The third-order valence-electron chi connectivity index (χ3n) is 1.26. The van der Waals surface area contributed by atoms with Gasteiger partial charge in [0, 0.05) is 0 Å². The van der Waals surface area contributed by atoms with Crippen LogP contribution in [0, 0.1) is 0 Å². The van der Waals surface area contributed by atoms with Gasteiger partial charge in [0.25, 0.3) is 0 Å². The van der Waals surface area contributed by atoms with E-state index in [0.717, 1.165) is 6.92 Å². The molecule has 0 spiro atoms. The quantitative estimate of drug-likeness (QED) is 0.415. The molecule has 0 bridgehead atoms. The van der Waals surface area contributed by atoms with Gasteiger partial charge in [-0.3, -0.25) is 4.79 Å². The van der Waals surface area contributed by atoms with Crippen molar-refractivity contribution in [1.82, 2.24) is 0 Å². The number of carbonyl (C=O) groups excluding carboxylic acids is 1. The molecule has 0 rings (SSSR count). The third-order valence-corrected chi connectivity index (χ3v) is 1.26. The molecule has 0 aromatic heterocycles.